The second-order valence-corrected chi connectivity index (χ2v) is 3.66. The number of aliphatic hydroxyl groups is 1. The molecule has 0 fully saturated rings. The molecule has 16 heavy (non-hydrogen) atoms. The molecule has 0 unspecified atom stereocenters. The molecule has 0 saturated heterocycles. The summed E-state index contributed by atoms with van der Waals surface area (Å²) >= 11 is 0. The van der Waals surface area contributed by atoms with Crippen LogP contribution in [0.3, 0.4) is 0 Å². The Morgan fingerprint density at radius 1 is 1.25 bits per heavy atom. The molecule has 0 aliphatic heterocycles. The van der Waals surface area contributed by atoms with E-state index >= 15 is 0 Å². The molecule has 1 N–H and O–H groups in total. The van der Waals surface area contributed by atoms with E-state index < -0.39 is 6.10 Å². The quantitative estimate of drug-likeness (QED) is 0.723. The van der Waals surface area contributed by atoms with E-state index in [1.165, 1.54) is 0 Å². The molecule has 3 nitrogen and oxygen atoms in total. The maximum Gasteiger partial charge on any atom is 0.125 e. The van der Waals surface area contributed by atoms with Crippen LogP contribution in [0.4, 0.5) is 0 Å². The standard InChI is InChI=1S/C13H20O3/c1-3-12(14)11-7-4-5-8-13(11)16-10-6-9-15-2/h4-5,7-8,12,14H,3,6,9-10H2,1-2H3/t12-/m0/s1. The van der Waals surface area contributed by atoms with E-state index in [1.54, 1.807) is 7.11 Å². The molecule has 1 aromatic carbocycles. The van der Waals surface area contributed by atoms with E-state index in [1.807, 2.05) is 31.2 Å². The van der Waals surface area contributed by atoms with Gasteiger partial charge in [-0.25, -0.2) is 0 Å². The average molecular weight is 224 g/mol. The van der Waals surface area contributed by atoms with Crippen molar-refractivity contribution >= 4 is 0 Å². The average Bonchev–Trinajstić information content (AvgIpc) is 2.34. The molecule has 0 aromatic heterocycles. The molecule has 0 spiro atoms. The van der Waals surface area contributed by atoms with Crippen molar-refractivity contribution in [3.63, 3.8) is 0 Å². The lowest BCUT2D eigenvalue weighted by molar-refractivity contribution is 0.158. The van der Waals surface area contributed by atoms with Crippen molar-refractivity contribution in [2.24, 2.45) is 0 Å². The van der Waals surface area contributed by atoms with Gasteiger partial charge in [0.25, 0.3) is 0 Å². The molecule has 0 heterocycles. The molecule has 0 radical (unpaired) electrons. The molecule has 0 aliphatic rings. The summed E-state index contributed by atoms with van der Waals surface area (Å²) in [4.78, 5) is 0. The first-order valence-corrected chi connectivity index (χ1v) is 5.68. The van der Waals surface area contributed by atoms with Gasteiger partial charge in [0, 0.05) is 25.7 Å². The summed E-state index contributed by atoms with van der Waals surface area (Å²) in [5.41, 5.74) is 0.863. The molecule has 1 rings (SSSR count). The van der Waals surface area contributed by atoms with Gasteiger partial charge in [-0.05, 0) is 12.5 Å². The van der Waals surface area contributed by atoms with Gasteiger partial charge < -0.3 is 14.6 Å². The molecular formula is C13H20O3. The Morgan fingerprint density at radius 3 is 2.69 bits per heavy atom. The molecule has 0 aliphatic carbocycles. The van der Waals surface area contributed by atoms with Gasteiger partial charge in [0.2, 0.25) is 0 Å². The zero-order chi connectivity index (χ0) is 11.8. The van der Waals surface area contributed by atoms with Crippen LogP contribution in [0.15, 0.2) is 24.3 Å². The summed E-state index contributed by atoms with van der Waals surface area (Å²) in [5.74, 6) is 0.771. The Labute approximate surface area is 97.0 Å². The number of aliphatic hydroxyl groups excluding tert-OH is 1. The first-order chi connectivity index (χ1) is 7.79. The molecule has 0 saturated carbocycles. The van der Waals surface area contributed by atoms with Crippen LogP contribution in [0.5, 0.6) is 5.75 Å². The second-order valence-electron chi connectivity index (χ2n) is 3.66. The van der Waals surface area contributed by atoms with Gasteiger partial charge in [-0.1, -0.05) is 25.1 Å². The van der Waals surface area contributed by atoms with Crippen LogP contribution in [-0.2, 0) is 4.74 Å². The predicted molar refractivity (Wildman–Crippen MR) is 63.7 cm³/mol. The van der Waals surface area contributed by atoms with E-state index in [2.05, 4.69) is 0 Å². The monoisotopic (exact) mass is 224 g/mol. The molecule has 1 atom stereocenters. The Hall–Kier alpha value is -1.06. The first kappa shape index (κ1) is 13.0. The molecule has 0 amide bonds. The molecule has 0 bridgehead atoms. The smallest absolute Gasteiger partial charge is 0.125 e. The van der Waals surface area contributed by atoms with Crippen LogP contribution in [-0.4, -0.2) is 25.4 Å². The fourth-order valence-corrected chi connectivity index (χ4v) is 1.49. The van der Waals surface area contributed by atoms with Gasteiger partial charge in [-0.2, -0.15) is 0 Å². The Kier molecular flexibility index (Phi) is 5.90. The number of benzene rings is 1. The number of ether oxygens (including phenoxy) is 2. The first-order valence-electron chi connectivity index (χ1n) is 5.68. The Balaban J connectivity index is 2.57. The van der Waals surface area contributed by atoms with Gasteiger partial charge in [0.1, 0.15) is 5.75 Å². The normalized spacial score (nSPS) is 12.4. The molecular weight excluding hydrogens is 204 g/mol. The van der Waals surface area contributed by atoms with Crippen LogP contribution >= 0.6 is 0 Å². The third kappa shape index (κ3) is 3.83. The molecule has 90 valence electrons. The fourth-order valence-electron chi connectivity index (χ4n) is 1.49. The van der Waals surface area contributed by atoms with Crippen LogP contribution in [0.1, 0.15) is 31.4 Å². The summed E-state index contributed by atoms with van der Waals surface area (Å²) in [6.07, 6.45) is 1.10. The van der Waals surface area contributed by atoms with E-state index in [0.29, 0.717) is 19.6 Å². The lowest BCUT2D eigenvalue weighted by Crippen LogP contribution is -2.05. The predicted octanol–water partition coefficient (Wildman–Crippen LogP) is 2.55. The summed E-state index contributed by atoms with van der Waals surface area (Å²) in [6.45, 7) is 3.26. The highest BCUT2D eigenvalue weighted by atomic mass is 16.5. The van der Waals surface area contributed by atoms with Gasteiger partial charge in [0.15, 0.2) is 0 Å². The summed E-state index contributed by atoms with van der Waals surface area (Å²) in [6, 6.07) is 7.62. The topological polar surface area (TPSA) is 38.7 Å². The minimum absolute atomic E-state index is 0.446. The van der Waals surface area contributed by atoms with E-state index in [-0.39, 0.29) is 0 Å². The number of hydrogen-bond donors (Lipinski definition) is 1. The fraction of sp³-hybridized carbons (Fsp3) is 0.538. The second kappa shape index (κ2) is 7.25. The highest BCUT2D eigenvalue weighted by Gasteiger charge is 2.10. The zero-order valence-corrected chi connectivity index (χ0v) is 9.98. The Bertz CT molecular complexity index is 299. The van der Waals surface area contributed by atoms with Crippen LogP contribution in [0.2, 0.25) is 0 Å². The number of methoxy groups -OCH3 is 1. The molecule has 1 aromatic rings. The minimum atomic E-state index is -0.446. The highest BCUT2D eigenvalue weighted by Crippen LogP contribution is 2.26. The SMILES string of the molecule is CC[C@H](O)c1ccccc1OCCCOC. The van der Waals surface area contributed by atoms with Crippen LogP contribution in [0, 0.1) is 0 Å². The molecule has 3 heteroatoms. The van der Waals surface area contributed by atoms with Crippen molar-refractivity contribution in [2.75, 3.05) is 20.3 Å². The van der Waals surface area contributed by atoms with Crippen LogP contribution in [0.25, 0.3) is 0 Å². The summed E-state index contributed by atoms with van der Waals surface area (Å²) in [7, 11) is 1.68. The van der Waals surface area contributed by atoms with Crippen molar-refractivity contribution < 1.29 is 14.6 Å². The highest BCUT2D eigenvalue weighted by molar-refractivity contribution is 5.34. The number of rotatable bonds is 7. The van der Waals surface area contributed by atoms with Crippen molar-refractivity contribution in [1.82, 2.24) is 0 Å². The number of para-hydroxylation sites is 1. The van der Waals surface area contributed by atoms with Crippen molar-refractivity contribution in [3.05, 3.63) is 29.8 Å². The van der Waals surface area contributed by atoms with Crippen molar-refractivity contribution in [1.29, 1.82) is 0 Å². The minimum Gasteiger partial charge on any atom is -0.493 e. The summed E-state index contributed by atoms with van der Waals surface area (Å²) in [5, 5.41) is 9.81. The lowest BCUT2D eigenvalue weighted by atomic mass is 10.1. The van der Waals surface area contributed by atoms with E-state index in [0.717, 1.165) is 17.7 Å². The zero-order valence-electron chi connectivity index (χ0n) is 9.98. The Morgan fingerprint density at radius 2 is 2.00 bits per heavy atom. The van der Waals surface area contributed by atoms with E-state index in [9.17, 15) is 5.11 Å². The number of hydrogen-bond acceptors (Lipinski definition) is 3. The summed E-state index contributed by atoms with van der Waals surface area (Å²) < 4.78 is 10.6. The largest absolute Gasteiger partial charge is 0.493 e. The van der Waals surface area contributed by atoms with Gasteiger partial charge in [-0.15, -0.1) is 0 Å². The lowest BCUT2D eigenvalue weighted by Gasteiger charge is -2.14. The van der Waals surface area contributed by atoms with E-state index in [4.69, 9.17) is 9.47 Å². The third-order valence-corrected chi connectivity index (χ3v) is 2.42. The van der Waals surface area contributed by atoms with Crippen molar-refractivity contribution in [3.8, 4) is 5.75 Å². The van der Waals surface area contributed by atoms with Gasteiger partial charge in [0.05, 0.1) is 12.7 Å². The van der Waals surface area contributed by atoms with Gasteiger partial charge >= 0.3 is 0 Å². The third-order valence-electron chi connectivity index (χ3n) is 2.42. The van der Waals surface area contributed by atoms with Crippen molar-refractivity contribution in [2.45, 2.75) is 25.9 Å². The maximum absolute atomic E-state index is 9.81. The maximum atomic E-state index is 9.81. The van der Waals surface area contributed by atoms with Crippen LogP contribution < -0.4 is 4.74 Å². The van der Waals surface area contributed by atoms with Gasteiger partial charge in [-0.3, -0.25) is 0 Å².